The second-order valence-electron chi connectivity index (χ2n) is 7.20. The summed E-state index contributed by atoms with van der Waals surface area (Å²) >= 11 is 0. The molecule has 1 saturated heterocycles. The van der Waals surface area contributed by atoms with Gasteiger partial charge in [-0.2, -0.15) is 0 Å². The van der Waals surface area contributed by atoms with Crippen LogP contribution in [0.4, 0.5) is 0 Å². The highest BCUT2D eigenvalue weighted by Crippen LogP contribution is 2.30. The lowest BCUT2D eigenvalue weighted by Gasteiger charge is -2.36. The number of aromatic nitrogens is 3. The summed E-state index contributed by atoms with van der Waals surface area (Å²) < 4.78 is 2.12. The average Bonchev–Trinajstić information content (AvgIpc) is 3.01. The molecular formula is C20H27N5O. The molecule has 2 aliphatic heterocycles. The van der Waals surface area contributed by atoms with Crippen LogP contribution < -0.4 is 0 Å². The summed E-state index contributed by atoms with van der Waals surface area (Å²) in [4.78, 5) is 17.8. The molecule has 0 radical (unpaired) electrons. The van der Waals surface area contributed by atoms with E-state index in [9.17, 15) is 4.79 Å². The lowest BCUT2D eigenvalue weighted by Crippen LogP contribution is -2.50. The van der Waals surface area contributed by atoms with Gasteiger partial charge in [-0.05, 0) is 19.4 Å². The summed E-state index contributed by atoms with van der Waals surface area (Å²) in [5.41, 5.74) is 1.03. The van der Waals surface area contributed by atoms with E-state index in [0.717, 1.165) is 75.6 Å². The maximum atomic E-state index is 13.4. The Morgan fingerprint density at radius 1 is 1.08 bits per heavy atom. The molecule has 1 fully saturated rings. The third-order valence-corrected chi connectivity index (χ3v) is 5.65. The van der Waals surface area contributed by atoms with E-state index in [1.54, 1.807) is 0 Å². The summed E-state index contributed by atoms with van der Waals surface area (Å²) in [5, 5.41) is 8.88. The van der Waals surface area contributed by atoms with Gasteiger partial charge >= 0.3 is 0 Å². The second-order valence-corrected chi connectivity index (χ2v) is 7.20. The first-order chi connectivity index (χ1) is 12.8. The SMILES string of the molecule is CCN1CCN(C(=O)C2CCCCc3nnc(-c4ccccc4)n32)CC1. The summed E-state index contributed by atoms with van der Waals surface area (Å²) in [6, 6.07) is 9.93. The molecule has 26 heavy (non-hydrogen) atoms. The highest BCUT2D eigenvalue weighted by atomic mass is 16.2. The van der Waals surface area contributed by atoms with Crippen molar-refractivity contribution in [3.8, 4) is 11.4 Å². The van der Waals surface area contributed by atoms with Crippen LogP contribution >= 0.6 is 0 Å². The smallest absolute Gasteiger partial charge is 0.245 e. The molecule has 0 bridgehead atoms. The Kier molecular flexibility index (Phi) is 5.02. The molecule has 4 rings (SSSR count). The highest BCUT2D eigenvalue weighted by molar-refractivity contribution is 5.81. The van der Waals surface area contributed by atoms with Crippen LogP contribution in [0.25, 0.3) is 11.4 Å². The van der Waals surface area contributed by atoms with Crippen LogP contribution in [-0.2, 0) is 11.2 Å². The predicted molar refractivity (Wildman–Crippen MR) is 101 cm³/mol. The van der Waals surface area contributed by atoms with Gasteiger partial charge in [0.25, 0.3) is 0 Å². The van der Waals surface area contributed by atoms with E-state index in [1.165, 1.54) is 0 Å². The Bertz CT molecular complexity index is 749. The van der Waals surface area contributed by atoms with Gasteiger partial charge in [-0.1, -0.05) is 43.7 Å². The van der Waals surface area contributed by atoms with Crippen molar-refractivity contribution in [3.05, 3.63) is 36.2 Å². The molecule has 1 aromatic carbocycles. The molecule has 0 spiro atoms. The normalized spacial score (nSPS) is 21.3. The molecule has 0 saturated carbocycles. The van der Waals surface area contributed by atoms with Gasteiger partial charge in [0.05, 0.1) is 0 Å². The van der Waals surface area contributed by atoms with E-state index in [4.69, 9.17) is 0 Å². The van der Waals surface area contributed by atoms with E-state index in [1.807, 2.05) is 35.2 Å². The number of benzene rings is 1. The number of carbonyl (C=O) groups is 1. The Morgan fingerprint density at radius 3 is 2.58 bits per heavy atom. The van der Waals surface area contributed by atoms with Gasteiger partial charge in [0.15, 0.2) is 5.82 Å². The summed E-state index contributed by atoms with van der Waals surface area (Å²) in [6.07, 6.45) is 3.90. The third kappa shape index (κ3) is 3.26. The topological polar surface area (TPSA) is 54.3 Å². The molecular weight excluding hydrogens is 326 g/mol. The fourth-order valence-corrected chi connectivity index (χ4v) is 4.08. The average molecular weight is 353 g/mol. The van der Waals surface area contributed by atoms with Crippen molar-refractivity contribution in [2.45, 2.75) is 38.6 Å². The first kappa shape index (κ1) is 17.2. The highest BCUT2D eigenvalue weighted by Gasteiger charge is 2.33. The van der Waals surface area contributed by atoms with Crippen LogP contribution in [-0.4, -0.2) is 63.2 Å². The van der Waals surface area contributed by atoms with Crippen LogP contribution in [0, 0.1) is 0 Å². The lowest BCUT2D eigenvalue weighted by atomic mass is 10.1. The first-order valence-corrected chi connectivity index (χ1v) is 9.78. The minimum atomic E-state index is -0.175. The van der Waals surface area contributed by atoms with Crippen molar-refractivity contribution in [1.29, 1.82) is 0 Å². The van der Waals surface area contributed by atoms with E-state index >= 15 is 0 Å². The zero-order valence-corrected chi connectivity index (χ0v) is 15.5. The molecule has 138 valence electrons. The van der Waals surface area contributed by atoms with Crippen molar-refractivity contribution >= 4 is 5.91 Å². The number of likely N-dealkylation sites (N-methyl/N-ethyl adjacent to an activating group) is 1. The van der Waals surface area contributed by atoms with Gasteiger partial charge in [0.2, 0.25) is 5.91 Å². The largest absolute Gasteiger partial charge is 0.338 e. The molecule has 6 heteroatoms. The van der Waals surface area contributed by atoms with Crippen molar-refractivity contribution in [2.24, 2.45) is 0 Å². The van der Waals surface area contributed by atoms with Crippen LogP contribution in [0.5, 0.6) is 0 Å². The quantitative estimate of drug-likeness (QED) is 0.850. The molecule has 3 heterocycles. The lowest BCUT2D eigenvalue weighted by molar-refractivity contribution is -0.136. The number of piperazine rings is 1. The van der Waals surface area contributed by atoms with Crippen LogP contribution in [0.3, 0.4) is 0 Å². The number of carbonyl (C=O) groups excluding carboxylic acids is 1. The van der Waals surface area contributed by atoms with Crippen molar-refractivity contribution in [1.82, 2.24) is 24.6 Å². The molecule has 1 aromatic heterocycles. The van der Waals surface area contributed by atoms with Crippen LogP contribution in [0.15, 0.2) is 30.3 Å². The zero-order valence-electron chi connectivity index (χ0n) is 15.5. The predicted octanol–water partition coefficient (Wildman–Crippen LogP) is 2.38. The van der Waals surface area contributed by atoms with Crippen LogP contribution in [0.1, 0.15) is 38.1 Å². The summed E-state index contributed by atoms with van der Waals surface area (Å²) in [5.74, 6) is 2.01. The molecule has 6 nitrogen and oxygen atoms in total. The molecule has 2 aromatic rings. The Morgan fingerprint density at radius 2 is 1.85 bits per heavy atom. The molecule has 1 unspecified atom stereocenters. The number of rotatable bonds is 3. The Hall–Kier alpha value is -2.21. The van der Waals surface area contributed by atoms with Gasteiger partial charge < -0.3 is 9.80 Å². The van der Waals surface area contributed by atoms with E-state index in [0.29, 0.717) is 0 Å². The van der Waals surface area contributed by atoms with Crippen LogP contribution in [0.2, 0.25) is 0 Å². The van der Waals surface area contributed by atoms with Gasteiger partial charge in [0, 0.05) is 38.2 Å². The number of hydrogen-bond acceptors (Lipinski definition) is 4. The van der Waals surface area contributed by atoms with Gasteiger partial charge in [-0.15, -0.1) is 10.2 Å². The van der Waals surface area contributed by atoms with E-state index in [2.05, 4.69) is 26.6 Å². The number of nitrogens with zero attached hydrogens (tertiary/aromatic N) is 5. The second kappa shape index (κ2) is 7.58. The zero-order chi connectivity index (χ0) is 17.9. The van der Waals surface area contributed by atoms with Crippen molar-refractivity contribution in [3.63, 3.8) is 0 Å². The number of fused-ring (bicyclic) bond motifs is 1. The Balaban J connectivity index is 1.64. The number of hydrogen-bond donors (Lipinski definition) is 0. The summed E-state index contributed by atoms with van der Waals surface area (Å²) in [6.45, 7) is 6.81. The standard InChI is InChI=1S/C20H27N5O/c1-2-23-12-14-24(15-13-23)20(26)17-10-6-7-11-18-21-22-19(25(17)18)16-8-4-3-5-9-16/h3-5,8-9,17H,2,6-7,10-15H2,1H3. The van der Waals surface area contributed by atoms with Gasteiger partial charge in [-0.25, -0.2) is 0 Å². The maximum absolute atomic E-state index is 13.4. The monoisotopic (exact) mass is 353 g/mol. The molecule has 0 aliphatic carbocycles. The number of amides is 1. The molecule has 1 atom stereocenters. The van der Waals surface area contributed by atoms with Crippen molar-refractivity contribution < 1.29 is 4.79 Å². The minimum Gasteiger partial charge on any atom is -0.338 e. The van der Waals surface area contributed by atoms with E-state index in [-0.39, 0.29) is 11.9 Å². The summed E-state index contributed by atoms with van der Waals surface area (Å²) in [7, 11) is 0. The first-order valence-electron chi connectivity index (χ1n) is 9.78. The molecule has 1 amide bonds. The van der Waals surface area contributed by atoms with Gasteiger partial charge in [-0.3, -0.25) is 9.36 Å². The number of aryl methyl sites for hydroxylation is 1. The fourth-order valence-electron chi connectivity index (χ4n) is 4.08. The maximum Gasteiger partial charge on any atom is 0.245 e. The van der Waals surface area contributed by atoms with E-state index < -0.39 is 0 Å². The fraction of sp³-hybridized carbons (Fsp3) is 0.550. The molecule has 0 N–H and O–H groups in total. The minimum absolute atomic E-state index is 0.175. The Labute approximate surface area is 154 Å². The van der Waals surface area contributed by atoms with Crippen molar-refractivity contribution in [2.75, 3.05) is 32.7 Å². The molecule has 2 aliphatic rings. The van der Waals surface area contributed by atoms with Gasteiger partial charge in [0.1, 0.15) is 11.9 Å². The third-order valence-electron chi connectivity index (χ3n) is 5.65.